The number of halogens is 1. The molecule has 0 radical (unpaired) electrons. The molecule has 0 atom stereocenters. The van der Waals surface area contributed by atoms with Crippen molar-refractivity contribution in [3.05, 3.63) is 59.7 Å². The fourth-order valence-corrected chi connectivity index (χ4v) is 2.37. The Balaban J connectivity index is 0.00000392. The SMILES string of the molecule is CN=C(NCCOc1ccc(C)cc1)NCc1cccc(OCCOC)c1.I. The molecule has 0 amide bonds. The number of methoxy groups -OCH3 is 1. The van der Waals surface area contributed by atoms with Gasteiger partial charge in [-0.15, -0.1) is 24.0 Å². The summed E-state index contributed by atoms with van der Waals surface area (Å²) in [4.78, 5) is 4.23. The number of ether oxygens (including phenoxy) is 3. The van der Waals surface area contributed by atoms with Crippen LogP contribution in [0, 0.1) is 6.92 Å². The molecule has 0 aliphatic rings. The van der Waals surface area contributed by atoms with Gasteiger partial charge in [0.25, 0.3) is 0 Å². The van der Waals surface area contributed by atoms with E-state index in [2.05, 4.69) is 22.5 Å². The van der Waals surface area contributed by atoms with Gasteiger partial charge in [0.15, 0.2) is 5.96 Å². The molecule has 28 heavy (non-hydrogen) atoms. The Hall–Kier alpha value is -2.00. The van der Waals surface area contributed by atoms with Crippen molar-refractivity contribution >= 4 is 29.9 Å². The van der Waals surface area contributed by atoms with Crippen LogP contribution >= 0.6 is 24.0 Å². The number of hydrogen-bond donors (Lipinski definition) is 2. The standard InChI is InChI=1S/C21H29N3O3.HI/c1-17-7-9-19(10-8-17)26-12-11-23-21(22-2)24-16-18-5-4-6-20(15-18)27-14-13-25-3;/h4-10,15H,11-14,16H2,1-3H3,(H2,22,23,24);1H. The van der Waals surface area contributed by atoms with Crippen molar-refractivity contribution in [3.63, 3.8) is 0 Å². The Morgan fingerprint density at radius 2 is 1.68 bits per heavy atom. The fourth-order valence-electron chi connectivity index (χ4n) is 2.37. The van der Waals surface area contributed by atoms with E-state index < -0.39 is 0 Å². The van der Waals surface area contributed by atoms with Crippen LogP contribution in [0.1, 0.15) is 11.1 Å². The first-order valence-electron chi connectivity index (χ1n) is 9.06. The lowest BCUT2D eigenvalue weighted by molar-refractivity contribution is 0.146. The van der Waals surface area contributed by atoms with E-state index in [1.165, 1.54) is 5.56 Å². The fraction of sp³-hybridized carbons (Fsp3) is 0.381. The van der Waals surface area contributed by atoms with Crippen LogP contribution in [-0.4, -0.2) is 46.5 Å². The van der Waals surface area contributed by atoms with Gasteiger partial charge in [-0.3, -0.25) is 4.99 Å². The summed E-state index contributed by atoms with van der Waals surface area (Å²) in [6.45, 7) is 5.05. The maximum absolute atomic E-state index is 5.71. The first kappa shape index (κ1) is 24.0. The Bertz CT molecular complexity index is 708. The van der Waals surface area contributed by atoms with Crippen molar-refractivity contribution in [2.45, 2.75) is 13.5 Å². The second-order valence-electron chi connectivity index (χ2n) is 6.00. The topological polar surface area (TPSA) is 64.1 Å². The molecular weight excluding hydrogens is 469 g/mol. The highest BCUT2D eigenvalue weighted by molar-refractivity contribution is 14.0. The molecule has 2 aromatic carbocycles. The minimum absolute atomic E-state index is 0. The second-order valence-corrected chi connectivity index (χ2v) is 6.00. The number of guanidine groups is 1. The van der Waals surface area contributed by atoms with Crippen molar-refractivity contribution in [1.29, 1.82) is 0 Å². The van der Waals surface area contributed by atoms with Gasteiger partial charge in [0.05, 0.1) is 13.2 Å². The van der Waals surface area contributed by atoms with E-state index >= 15 is 0 Å². The number of nitrogens with one attached hydrogen (secondary N) is 2. The van der Waals surface area contributed by atoms with Gasteiger partial charge >= 0.3 is 0 Å². The third kappa shape index (κ3) is 9.27. The summed E-state index contributed by atoms with van der Waals surface area (Å²) < 4.78 is 16.3. The van der Waals surface area contributed by atoms with Gasteiger partial charge in [-0.2, -0.15) is 0 Å². The molecule has 0 bridgehead atoms. The zero-order chi connectivity index (χ0) is 19.3. The Morgan fingerprint density at radius 3 is 2.39 bits per heavy atom. The molecule has 2 rings (SSSR count). The molecule has 0 aromatic heterocycles. The van der Waals surface area contributed by atoms with Crippen LogP contribution in [0.15, 0.2) is 53.5 Å². The highest BCUT2D eigenvalue weighted by atomic mass is 127. The smallest absolute Gasteiger partial charge is 0.191 e. The predicted molar refractivity (Wildman–Crippen MR) is 124 cm³/mol. The molecule has 0 aliphatic carbocycles. The van der Waals surface area contributed by atoms with Crippen molar-refractivity contribution in [2.24, 2.45) is 4.99 Å². The van der Waals surface area contributed by atoms with Crippen molar-refractivity contribution in [1.82, 2.24) is 10.6 Å². The van der Waals surface area contributed by atoms with Gasteiger partial charge in [-0.05, 0) is 36.8 Å². The highest BCUT2D eigenvalue weighted by Gasteiger charge is 2.01. The number of aliphatic imine (C=N–C) groups is 1. The van der Waals surface area contributed by atoms with Crippen LogP contribution in [0.3, 0.4) is 0 Å². The quantitative estimate of drug-likeness (QED) is 0.227. The molecule has 0 saturated carbocycles. The molecule has 0 fully saturated rings. The third-order valence-corrected chi connectivity index (χ3v) is 3.82. The summed E-state index contributed by atoms with van der Waals surface area (Å²) in [7, 11) is 3.41. The van der Waals surface area contributed by atoms with Gasteiger partial charge in [0.1, 0.15) is 24.7 Å². The first-order chi connectivity index (χ1) is 13.2. The summed E-state index contributed by atoms with van der Waals surface area (Å²) >= 11 is 0. The second kappa shape index (κ2) is 14.1. The average Bonchev–Trinajstić information content (AvgIpc) is 2.69. The van der Waals surface area contributed by atoms with E-state index in [0.717, 1.165) is 23.0 Å². The minimum Gasteiger partial charge on any atom is -0.492 e. The summed E-state index contributed by atoms with van der Waals surface area (Å²) in [5.41, 5.74) is 2.34. The van der Waals surface area contributed by atoms with Crippen LogP contribution in [0.4, 0.5) is 0 Å². The van der Waals surface area contributed by atoms with E-state index in [9.17, 15) is 0 Å². The van der Waals surface area contributed by atoms with Crippen molar-refractivity contribution < 1.29 is 14.2 Å². The number of rotatable bonds is 10. The number of hydrogen-bond acceptors (Lipinski definition) is 4. The number of aryl methyl sites for hydroxylation is 1. The summed E-state index contributed by atoms with van der Waals surface area (Å²) in [6.07, 6.45) is 0. The largest absolute Gasteiger partial charge is 0.492 e. The third-order valence-electron chi connectivity index (χ3n) is 3.82. The summed E-state index contributed by atoms with van der Waals surface area (Å²) in [5.74, 6) is 2.43. The number of benzene rings is 2. The molecule has 154 valence electrons. The van der Waals surface area contributed by atoms with E-state index in [1.54, 1.807) is 14.2 Å². The van der Waals surface area contributed by atoms with Gasteiger partial charge in [-0.1, -0.05) is 29.8 Å². The van der Waals surface area contributed by atoms with Crippen LogP contribution in [-0.2, 0) is 11.3 Å². The average molecular weight is 499 g/mol. The zero-order valence-corrected chi connectivity index (χ0v) is 19.1. The number of nitrogens with zero attached hydrogens (tertiary/aromatic N) is 1. The van der Waals surface area contributed by atoms with E-state index in [-0.39, 0.29) is 24.0 Å². The molecule has 0 spiro atoms. The van der Waals surface area contributed by atoms with Crippen molar-refractivity contribution in [2.75, 3.05) is 40.5 Å². The van der Waals surface area contributed by atoms with Gasteiger partial charge < -0.3 is 24.8 Å². The maximum Gasteiger partial charge on any atom is 0.191 e. The highest BCUT2D eigenvalue weighted by Crippen LogP contribution is 2.13. The summed E-state index contributed by atoms with van der Waals surface area (Å²) in [6, 6.07) is 16.0. The molecule has 0 aliphatic heterocycles. The van der Waals surface area contributed by atoms with Crippen LogP contribution in [0.2, 0.25) is 0 Å². The monoisotopic (exact) mass is 499 g/mol. The van der Waals surface area contributed by atoms with Crippen molar-refractivity contribution in [3.8, 4) is 11.5 Å². The molecular formula is C21H30IN3O3. The van der Waals surface area contributed by atoms with E-state index in [1.807, 2.05) is 48.5 Å². The van der Waals surface area contributed by atoms with Gasteiger partial charge in [0, 0.05) is 20.7 Å². The molecule has 0 unspecified atom stereocenters. The van der Waals surface area contributed by atoms with Gasteiger partial charge in [-0.25, -0.2) is 0 Å². The lowest BCUT2D eigenvalue weighted by atomic mass is 10.2. The lowest BCUT2D eigenvalue weighted by Crippen LogP contribution is -2.38. The van der Waals surface area contributed by atoms with Crippen LogP contribution in [0.25, 0.3) is 0 Å². The molecule has 7 heteroatoms. The molecule has 2 aromatic rings. The molecule has 0 heterocycles. The Morgan fingerprint density at radius 1 is 0.929 bits per heavy atom. The summed E-state index contributed by atoms with van der Waals surface area (Å²) in [5, 5.41) is 6.53. The minimum atomic E-state index is 0. The predicted octanol–water partition coefficient (Wildman–Crippen LogP) is 3.38. The van der Waals surface area contributed by atoms with Gasteiger partial charge in [0.2, 0.25) is 0 Å². The Labute approximate surface area is 184 Å². The van der Waals surface area contributed by atoms with E-state index in [0.29, 0.717) is 32.9 Å². The lowest BCUT2D eigenvalue weighted by Gasteiger charge is -2.13. The first-order valence-corrected chi connectivity index (χ1v) is 9.06. The molecule has 2 N–H and O–H groups in total. The maximum atomic E-state index is 5.71. The van der Waals surface area contributed by atoms with Crippen LogP contribution in [0.5, 0.6) is 11.5 Å². The zero-order valence-electron chi connectivity index (χ0n) is 16.7. The van der Waals surface area contributed by atoms with Crippen LogP contribution < -0.4 is 20.1 Å². The Kier molecular flexibility index (Phi) is 12.1. The van der Waals surface area contributed by atoms with E-state index in [4.69, 9.17) is 14.2 Å². The normalized spacial score (nSPS) is 10.8. The molecule has 0 saturated heterocycles. The molecule has 6 nitrogen and oxygen atoms in total.